The predicted octanol–water partition coefficient (Wildman–Crippen LogP) is -1.15. The first-order valence-corrected chi connectivity index (χ1v) is 4.99. The van der Waals surface area contributed by atoms with E-state index in [0.29, 0.717) is 38.1 Å². The maximum atomic E-state index is 11.8. The minimum atomic E-state index is -0.423. The summed E-state index contributed by atoms with van der Waals surface area (Å²) in [6, 6.07) is 0. The average Bonchev–Trinajstić information content (AvgIpc) is 2.65. The molecule has 6 heteroatoms. The molecule has 0 radical (unpaired) electrons. The van der Waals surface area contributed by atoms with E-state index in [1.807, 2.05) is 0 Å². The van der Waals surface area contributed by atoms with Gasteiger partial charge in [-0.3, -0.25) is 9.59 Å². The Kier molecular flexibility index (Phi) is 2.68. The summed E-state index contributed by atoms with van der Waals surface area (Å²) in [5, 5.41) is 13.0. The van der Waals surface area contributed by atoms with Crippen LogP contribution in [0.4, 0.5) is 0 Å². The van der Waals surface area contributed by atoms with Gasteiger partial charge in [-0.1, -0.05) is 0 Å². The van der Waals surface area contributed by atoms with Gasteiger partial charge in [0.15, 0.2) is 0 Å². The highest BCUT2D eigenvalue weighted by Crippen LogP contribution is 2.11. The van der Waals surface area contributed by atoms with Crippen molar-refractivity contribution in [1.82, 2.24) is 10.3 Å². The highest BCUT2D eigenvalue weighted by molar-refractivity contribution is 6.39. The zero-order valence-electron chi connectivity index (χ0n) is 8.27. The number of aliphatic hydroxyl groups is 1. The van der Waals surface area contributed by atoms with Gasteiger partial charge in [0.25, 0.3) is 5.91 Å². The lowest BCUT2D eigenvalue weighted by Crippen LogP contribution is -2.39. The third-order valence-corrected chi connectivity index (χ3v) is 2.60. The molecular weight excluding hydrogens is 198 g/mol. The Morgan fingerprint density at radius 2 is 2.33 bits per heavy atom. The summed E-state index contributed by atoms with van der Waals surface area (Å²) in [5.74, 6) is -0.334. The summed E-state index contributed by atoms with van der Waals surface area (Å²) >= 11 is 0. The summed E-state index contributed by atoms with van der Waals surface area (Å²) in [5.41, 5.74) is 2.67. The summed E-state index contributed by atoms with van der Waals surface area (Å²) in [4.78, 5) is 24.2. The van der Waals surface area contributed by atoms with Gasteiger partial charge in [-0.2, -0.15) is 5.10 Å². The van der Waals surface area contributed by atoms with Crippen LogP contribution < -0.4 is 5.43 Å². The zero-order chi connectivity index (χ0) is 10.8. The van der Waals surface area contributed by atoms with Gasteiger partial charge in [0.05, 0.1) is 6.10 Å². The van der Waals surface area contributed by atoms with Crippen LogP contribution in [-0.4, -0.2) is 46.7 Å². The van der Waals surface area contributed by atoms with Gasteiger partial charge in [0.1, 0.15) is 5.71 Å². The second-order valence-electron chi connectivity index (χ2n) is 3.79. The highest BCUT2D eigenvalue weighted by atomic mass is 16.3. The molecule has 1 atom stereocenters. The molecule has 2 rings (SSSR count). The first kappa shape index (κ1) is 10.1. The van der Waals surface area contributed by atoms with Gasteiger partial charge >= 0.3 is 0 Å². The Labute approximate surface area is 86.9 Å². The van der Waals surface area contributed by atoms with Crippen LogP contribution in [-0.2, 0) is 9.59 Å². The van der Waals surface area contributed by atoms with Crippen LogP contribution >= 0.6 is 0 Å². The molecule has 1 saturated heterocycles. The fraction of sp³-hybridized carbons (Fsp3) is 0.667. The SMILES string of the molecule is O=C1CCC(C(=O)N2CCC(O)C2)=NN1. The van der Waals surface area contributed by atoms with Crippen LogP contribution in [0.2, 0.25) is 0 Å². The second-order valence-corrected chi connectivity index (χ2v) is 3.79. The Morgan fingerprint density at radius 1 is 1.53 bits per heavy atom. The number of hydrazone groups is 1. The number of β-amino-alcohol motifs (C(OH)–C–C–N with tert-alkyl or cyclic N) is 1. The molecule has 6 nitrogen and oxygen atoms in total. The molecule has 2 aliphatic heterocycles. The number of nitrogens with zero attached hydrogens (tertiary/aromatic N) is 2. The fourth-order valence-corrected chi connectivity index (χ4v) is 1.74. The van der Waals surface area contributed by atoms with Crippen LogP contribution in [0.3, 0.4) is 0 Å². The van der Waals surface area contributed by atoms with E-state index in [-0.39, 0.29) is 11.8 Å². The monoisotopic (exact) mass is 211 g/mol. The summed E-state index contributed by atoms with van der Waals surface area (Å²) < 4.78 is 0. The molecule has 82 valence electrons. The molecule has 2 N–H and O–H groups in total. The number of aliphatic hydroxyl groups excluding tert-OH is 1. The highest BCUT2D eigenvalue weighted by Gasteiger charge is 2.28. The Balaban J connectivity index is 1.99. The van der Waals surface area contributed by atoms with Crippen molar-refractivity contribution < 1.29 is 14.7 Å². The Bertz CT molecular complexity index is 327. The molecule has 1 unspecified atom stereocenters. The van der Waals surface area contributed by atoms with Gasteiger partial charge in [-0.15, -0.1) is 0 Å². The molecule has 2 aliphatic rings. The number of hydrogen-bond donors (Lipinski definition) is 2. The maximum absolute atomic E-state index is 11.8. The van der Waals surface area contributed by atoms with E-state index in [2.05, 4.69) is 10.5 Å². The van der Waals surface area contributed by atoms with E-state index in [0.717, 1.165) is 0 Å². The molecule has 2 heterocycles. The summed E-state index contributed by atoms with van der Waals surface area (Å²) in [6.07, 6.45) is 0.886. The van der Waals surface area contributed by atoms with E-state index in [4.69, 9.17) is 0 Å². The summed E-state index contributed by atoms with van der Waals surface area (Å²) in [6.45, 7) is 0.929. The lowest BCUT2D eigenvalue weighted by Gasteiger charge is -2.18. The number of rotatable bonds is 1. The van der Waals surface area contributed by atoms with Crippen molar-refractivity contribution >= 4 is 17.5 Å². The Morgan fingerprint density at radius 3 is 2.87 bits per heavy atom. The van der Waals surface area contributed by atoms with Crippen molar-refractivity contribution in [1.29, 1.82) is 0 Å². The molecule has 0 saturated carbocycles. The van der Waals surface area contributed by atoms with Crippen molar-refractivity contribution in [2.45, 2.75) is 25.4 Å². The minimum Gasteiger partial charge on any atom is -0.391 e. The molecule has 0 bridgehead atoms. The quantitative estimate of drug-likeness (QED) is 0.574. The molecule has 0 aromatic carbocycles. The molecule has 1 fully saturated rings. The van der Waals surface area contributed by atoms with E-state index < -0.39 is 6.10 Å². The molecule has 2 amide bonds. The van der Waals surface area contributed by atoms with Crippen molar-refractivity contribution in [2.75, 3.05) is 13.1 Å². The van der Waals surface area contributed by atoms with Gasteiger partial charge in [0, 0.05) is 25.9 Å². The molecular formula is C9H13N3O3. The van der Waals surface area contributed by atoms with E-state index >= 15 is 0 Å². The third-order valence-electron chi connectivity index (χ3n) is 2.60. The fourth-order valence-electron chi connectivity index (χ4n) is 1.74. The van der Waals surface area contributed by atoms with Crippen molar-refractivity contribution in [2.24, 2.45) is 5.10 Å². The third kappa shape index (κ3) is 2.15. The molecule has 0 spiro atoms. The van der Waals surface area contributed by atoms with Gasteiger partial charge < -0.3 is 10.0 Å². The number of carbonyl (C=O) groups excluding carboxylic acids is 2. The van der Waals surface area contributed by atoms with Crippen LogP contribution in [0.25, 0.3) is 0 Å². The number of nitrogens with one attached hydrogen (secondary N) is 1. The normalized spacial score (nSPS) is 26.2. The summed E-state index contributed by atoms with van der Waals surface area (Å²) in [7, 11) is 0. The van der Waals surface area contributed by atoms with Crippen LogP contribution in [0, 0.1) is 0 Å². The average molecular weight is 211 g/mol. The molecule has 0 aliphatic carbocycles. The first-order chi connectivity index (χ1) is 7.16. The van der Waals surface area contributed by atoms with Crippen molar-refractivity contribution in [3.8, 4) is 0 Å². The number of amides is 2. The van der Waals surface area contributed by atoms with Crippen molar-refractivity contribution in [3.05, 3.63) is 0 Å². The number of likely N-dealkylation sites (tertiary alicyclic amines) is 1. The first-order valence-electron chi connectivity index (χ1n) is 4.99. The van der Waals surface area contributed by atoms with Crippen LogP contribution in [0.1, 0.15) is 19.3 Å². The van der Waals surface area contributed by atoms with Crippen LogP contribution in [0.5, 0.6) is 0 Å². The second kappa shape index (κ2) is 3.98. The predicted molar refractivity (Wildman–Crippen MR) is 52.0 cm³/mol. The standard InChI is InChI=1S/C9H13N3O3/c13-6-3-4-12(5-6)9(15)7-1-2-8(14)11-10-7/h6,13H,1-5H2,(H,11,14). The van der Waals surface area contributed by atoms with Gasteiger partial charge in [0.2, 0.25) is 5.91 Å². The topological polar surface area (TPSA) is 82.0 Å². The number of hydrogen-bond acceptors (Lipinski definition) is 4. The largest absolute Gasteiger partial charge is 0.391 e. The lowest BCUT2D eigenvalue weighted by molar-refractivity contribution is -0.124. The molecule has 15 heavy (non-hydrogen) atoms. The van der Waals surface area contributed by atoms with Crippen LogP contribution in [0.15, 0.2) is 5.10 Å². The Hall–Kier alpha value is -1.43. The molecule has 0 aromatic heterocycles. The molecule has 0 aromatic rings. The van der Waals surface area contributed by atoms with Gasteiger partial charge in [-0.05, 0) is 6.42 Å². The minimum absolute atomic E-state index is 0.159. The van der Waals surface area contributed by atoms with E-state index in [1.54, 1.807) is 4.90 Å². The van der Waals surface area contributed by atoms with E-state index in [9.17, 15) is 14.7 Å². The van der Waals surface area contributed by atoms with Crippen molar-refractivity contribution in [3.63, 3.8) is 0 Å². The lowest BCUT2D eigenvalue weighted by atomic mass is 10.1. The zero-order valence-corrected chi connectivity index (χ0v) is 8.27. The maximum Gasteiger partial charge on any atom is 0.270 e. The number of carbonyl (C=O) groups is 2. The smallest absolute Gasteiger partial charge is 0.270 e. The van der Waals surface area contributed by atoms with E-state index in [1.165, 1.54) is 0 Å². The van der Waals surface area contributed by atoms with Gasteiger partial charge in [-0.25, -0.2) is 5.43 Å².